The van der Waals surface area contributed by atoms with E-state index >= 15 is 0 Å². The summed E-state index contributed by atoms with van der Waals surface area (Å²) in [5.74, 6) is -0.385. The second-order valence-electron chi connectivity index (χ2n) is 3.37. The van der Waals surface area contributed by atoms with Crippen molar-refractivity contribution in [3.05, 3.63) is 53.3 Å². The zero-order chi connectivity index (χ0) is 11.5. The summed E-state index contributed by atoms with van der Waals surface area (Å²) in [4.78, 5) is 0. The maximum Gasteiger partial charge on any atom is 0.126 e. The molecule has 3 N–H and O–H groups in total. The fourth-order valence-corrected chi connectivity index (χ4v) is 1.61. The molecule has 0 aliphatic heterocycles. The summed E-state index contributed by atoms with van der Waals surface area (Å²) in [5, 5.41) is 3.35. The summed E-state index contributed by atoms with van der Waals surface area (Å²) in [6.07, 6.45) is 0. The quantitative estimate of drug-likeness (QED) is 0.779. The van der Waals surface area contributed by atoms with Gasteiger partial charge in [0.2, 0.25) is 0 Å². The monoisotopic (exact) mass is 236 g/mol. The standard InChI is InChI=1S/C12H10ClFN2/c13-8-5-9(14)7-10(6-8)16-12-4-2-1-3-11(12)15/h1-7,16H,15H2. The first kappa shape index (κ1) is 10.8. The van der Waals surface area contributed by atoms with Crippen molar-refractivity contribution in [1.82, 2.24) is 0 Å². The molecule has 0 radical (unpaired) electrons. The predicted octanol–water partition coefficient (Wildman–Crippen LogP) is 3.80. The van der Waals surface area contributed by atoms with Crippen LogP contribution in [-0.2, 0) is 0 Å². The van der Waals surface area contributed by atoms with Gasteiger partial charge >= 0.3 is 0 Å². The molecule has 4 heteroatoms. The van der Waals surface area contributed by atoms with E-state index in [1.54, 1.807) is 12.1 Å². The second kappa shape index (κ2) is 4.41. The summed E-state index contributed by atoms with van der Waals surface area (Å²) < 4.78 is 13.1. The van der Waals surface area contributed by atoms with Crippen LogP contribution in [0.15, 0.2) is 42.5 Å². The lowest BCUT2D eigenvalue weighted by Gasteiger charge is -2.09. The highest BCUT2D eigenvalue weighted by Gasteiger charge is 2.01. The Labute approximate surface area is 97.8 Å². The Morgan fingerprint density at radius 2 is 1.88 bits per heavy atom. The van der Waals surface area contributed by atoms with E-state index in [0.717, 1.165) is 5.69 Å². The summed E-state index contributed by atoms with van der Waals surface area (Å²) >= 11 is 5.74. The molecule has 2 nitrogen and oxygen atoms in total. The fraction of sp³-hybridized carbons (Fsp3) is 0. The van der Waals surface area contributed by atoms with E-state index in [9.17, 15) is 4.39 Å². The second-order valence-corrected chi connectivity index (χ2v) is 3.81. The molecule has 82 valence electrons. The van der Waals surface area contributed by atoms with Crippen LogP contribution in [0.4, 0.5) is 21.5 Å². The Morgan fingerprint density at radius 3 is 2.56 bits per heavy atom. The first-order valence-corrected chi connectivity index (χ1v) is 5.10. The van der Waals surface area contributed by atoms with Crippen LogP contribution in [0, 0.1) is 5.82 Å². The predicted molar refractivity (Wildman–Crippen MR) is 65.5 cm³/mol. The van der Waals surface area contributed by atoms with Gasteiger partial charge in [-0.05, 0) is 30.3 Å². The highest BCUT2D eigenvalue weighted by molar-refractivity contribution is 6.30. The van der Waals surface area contributed by atoms with Crippen LogP contribution < -0.4 is 11.1 Å². The number of benzene rings is 2. The van der Waals surface area contributed by atoms with Gasteiger partial charge in [-0.3, -0.25) is 0 Å². The lowest BCUT2D eigenvalue weighted by molar-refractivity contribution is 0.628. The Kier molecular flexibility index (Phi) is 2.97. The van der Waals surface area contributed by atoms with Crippen LogP contribution in [0.3, 0.4) is 0 Å². The number of hydrogen-bond donors (Lipinski definition) is 2. The number of halogens is 2. The number of nitrogens with two attached hydrogens (primary N) is 1. The van der Waals surface area contributed by atoms with Crippen LogP contribution in [0.25, 0.3) is 0 Å². The molecule has 2 aromatic carbocycles. The number of nitrogen functional groups attached to an aromatic ring is 1. The van der Waals surface area contributed by atoms with Gasteiger partial charge in [-0.15, -0.1) is 0 Å². The largest absolute Gasteiger partial charge is 0.397 e. The Bertz CT molecular complexity index is 494. The Morgan fingerprint density at radius 1 is 1.12 bits per heavy atom. The SMILES string of the molecule is Nc1ccccc1Nc1cc(F)cc(Cl)c1. The first-order chi connectivity index (χ1) is 7.65. The third-order valence-electron chi connectivity index (χ3n) is 2.10. The molecule has 0 spiro atoms. The topological polar surface area (TPSA) is 38.0 Å². The molecule has 0 bridgehead atoms. The average molecular weight is 237 g/mol. The molecule has 2 rings (SSSR count). The molecular formula is C12H10ClFN2. The van der Waals surface area contributed by atoms with Crippen LogP contribution >= 0.6 is 11.6 Å². The third kappa shape index (κ3) is 2.44. The maximum absolute atomic E-state index is 13.1. The van der Waals surface area contributed by atoms with Crippen LogP contribution in [0.1, 0.15) is 0 Å². The van der Waals surface area contributed by atoms with Crippen molar-refractivity contribution in [2.24, 2.45) is 0 Å². The molecule has 0 aliphatic rings. The molecule has 0 fully saturated rings. The zero-order valence-corrected chi connectivity index (χ0v) is 9.13. The van der Waals surface area contributed by atoms with Gasteiger partial charge in [-0.25, -0.2) is 4.39 Å². The molecule has 0 aromatic heterocycles. The van der Waals surface area contributed by atoms with Crippen molar-refractivity contribution in [3.8, 4) is 0 Å². The van der Waals surface area contributed by atoms with E-state index in [-0.39, 0.29) is 5.82 Å². The smallest absolute Gasteiger partial charge is 0.126 e. The van der Waals surface area contributed by atoms with Crippen molar-refractivity contribution >= 4 is 28.7 Å². The molecule has 0 amide bonds. The molecule has 16 heavy (non-hydrogen) atoms. The van der Waals surface area contributed by atoms with Crippen LogP contribution in [-0.4, -0.2) is 0 Å². The van der Waals surface area contributed by atoms with Gasteiger partial charge in [0, 0.05) is 10.7 Å². The minimum absolute atomic E-state index is 0.344. The Balaban J connectivity index is 2.30. The van der Waals surface area contributed by atoms with Gasteiger partial charge in [0.05, 0.1) is 11.4 Å². The van der Waals surface area contributed by atoms with Crippen molar-refractivity contribution in [2.75, 3.05) is 11.1 Å². The van der Waals surface area contributed by atoms with E-state index in [1.807, 2.05) is 18.2 Å². The number of rotatable bonds is 2. The normalized spacial score (nSPS) is 10.1. The van der Waals surface area contributed by atoms with Crippen molar-refractivity contribution < 1.29 is 4.39 Å². The van der Waals surface area contributed by atoms with Crippen molar-refractivity contribution in [3.63, 3.8) is 0 Å². The molecule has 2 aromatic rings. The van der Waals surface area contributed by atoms with Gasteiger partial charge in [-0.2, -0.15) is 0 Å². The van der Waals surface area contributed by atoms with Gasteiger partial charge in [0.25, 0.3) is 0 Å². The van der Waals surface area contributed by atoms with E-state index < -0.39 is 0 Å². The van der Waals surface area contributed by atoms with Gasteiger partial charge in [0.1, 0.15) is 5.82 Å². The van der Waals surface area contributed by atoms with Crippen LogP contribution in [0.2, 0.25) is 5.02 Å². The highest BCUT2D eigenvalue weighted by atomic mass is 35.5. The molecule has 0 saturated carbocycles. The summed E-state index contributed by atoms with van der Waals surface area (Å²) in [7, 11) is 0. The fourth-order valence-electron chi connectivity index (χ4n) is 1.39. The van der Waals surface area contributed by atoms with E-state index in [4.69, 9.17) is 17.3 Å². The highest BCUT2D eigenvalue weighted by Crippen LogP contribution is 2.25. The van der Waals surface area contributed by atoms with Gasteiger partial charge in [-0.1, -0.05) is 23.7 Å². The molecule has 0 saturated heterocycles. The summed E-state index contributed by atoms with van der Waals surface area (Å²) in [6.45, 7) is 0. The van der Waals surface area contributed by atoms with Crippen molar-refractivity contribution in [2.45, 2.75) is 0 Å². The first-order valence-electron chi connectivity index (χ1n) is 4.73. The molecule has 0 aliphatic carbocycles. The van der Waals surface area contributed by atoms with Crippen LogP contribution in [0.5, 0.6) is 0 Å². The summed E-state index contributed by atoms with van der Waals surface area (Å²) in [5.41, 5.74) is 7.65. The lowest BCUT2D eigenvalue weighted by Crippen LogP contribution is -1.96. The molecule has 0 unspecified atom stereocenters. The number of anilines is 3. The van der Waals surface area contributed by atoms with Gasteiger partial charge < -0.3 is 11.1 Å². The minimum atomic E-state index is -0.385. The van der Waals surface area contributed by atoms with Gasteiger partial charge in [0.15, 0.2) is 0 Å². The number of hydrogen-bond acceptors (Lipinski definition) is 2. The van der Waals surface area contributed by atoms with E-state index in [1.165, 1.54) is 12.1 Å². The lowest BCUT2D eigenvalue weighted by atomic mass is 10.2. The molecule has 0 atom stereocenters. The average Bonchev–Trinajstić information content (AvgIpc) is 2.20. The number of para-hydroxylation sites is 2. The van der Waals surface area contributed by atoms with E-state index in [2.05, 4.69) is 5.32 Å². The molecular weight excluding hydrogens is 227 g/mol. The van der Waals surface area contributed by atoms with E-state index in [0.29, 0.717) is 16.4 Å². The Hall–Kier alpha value is -1.74. The number of nitrogens with one attached hydrogen (secondary N) is 1. The van der Waals surface area contributed by atoms with Crippen molar-refractivity contribution in [1.29, 1.82) is 0 Å². The zero-order valence-electron chi connectivity index (χ0n) is 8.37. The minimum Gasteiger partial charge on any atom is -0.397 e. The molecule has 0 heterocycles. The summed E-state index contributed by atoms with van der Waals surface area (Å²) in [6, 6.07) is 11.5. The maximum atomic E-state index is 13.1. The third-order valence-corrected chi connectivity index (χ3v) is 2.32.